The van der Waals surface area contributed by atoms with E-state index in [9.17, 15) is 15.0 Å². The SMILES string of the molecule is COc1ccc(C=NN2CN(C(C)C(=O)O)C(C)(O)N=C2N)cc1OC. The number of guanidine groups is 1. The first-order valence-corrected chi connectivity index (χ1v) is 7.80. The van der Waals surface area contributed by atoms with Crippen LogP contribution < -0.4 is 15.2 Å². The summed E-state index contributed by atoms with van der Waals surface area (Å²) in [6.07, 6.45) is 1.52. The Morgan fingerprint density at radius 2 is 2.08 bits per heavy atom. The predicted molar refractivity (Wildman–Crippen MR) is 95.0 cm³/mol. The highest BCUT2D eigenvalue weighted by Gasteiger charge is 2.41. The van der Waals surface area contributed by atoms with Crippen LogP contribution in [0.2, 0.25) is 0 Å². The summed E-state index contributed by atoms with van der Waals surface area (Å²) in [5, 5.41) is 25.1. The van der Waals surface area contributed by atoms with Gasteiger partial charge in [-0.2, -0.15) is 5.10 Å². The molecule has 10 nitrogen and oxygen atoms in total. The number of aliphatic hydroxyl groups is 1. The maximum atomic E-state index is 11.3. The standard InChI is InChI=1S/C16H23N5O5/c1-10(14(22)23)20-9-21(15(17)19-16(20,2)24)18-8-11-5-6-12(25-3)13(7-11)26-4/h5-8,10,24H,9H2,1-4H3,(H2,17,19)(H,22,23). The van der Waals surface area contributed by atoms with Crippen LogP contribution in [0.25, 0.3) is 0 Å². The largest absolute Gasteiger partial charge is 0.493 e. The number of methoxy groups -OCH3 is 2. The minimum Gasteiger partial charge on any atom is -0.493 e. The lowest BCUT2D eigenvalue weighted by Gasteiger charge is -2.42. The van der Waals surface area contributed by atoms with Crippen LogP contribution in [0.4, 0.5) is 0 Å². The highest BCUT2D eigenvalue weighted by molar-refractivity contribution is 5.84. The van der Waals surface area contributed by atoms with E-state index in [4.69, 9.17) is 15.2 Å². The third-order valence-corrected chi connectivity index (χ3v) is 4.00. The molecule has 0 saturated carbocycles. The Morgan fingerprint density at radius 1 is 1.42 bits per heavy atom. The quantitative estimate of drug-likeness (QED) is 0.603. The first-order chi connectivity index (χ1) is 12.2. The number of hydrazone groups is 1. The molecule has 10 heteroatoms. The Balaban J connectivity index is 2.25. The molecule has 0 aliphatic carbocycles. The second-order valence-electron chi connectivity index (χ2n) is 5.82. The second kappa shape index (κ2) is 7.58. The summed E-state index contributed by atoms with van der Waals surface area (Å²) in [5.41, 5.74) is 6.56. The number of hydrogen-bond donors (Lipinski definition) is 3. The summed E-state index contributed by atoms with van der Waals surface area (Å²) in [6, 6.07) is 4.25. The molecule has 0 aromatic heterocycles. The van der Waals surface area contributed by atoms with Crippen LogP contribution in [0.5, 0.6) is 11.5 Å². The molecule has 1 aliphatic heterocycles. The van der Waals surface area contributed by atoms with E-state index in [0.29, 0.717) is 17.1 Å². The third-order valence-electron chi connectivity index (χ3n) is 4.00. The summed E-state index contributed by atoms with van der Waals surface area (Å²) < 4.78 is 10.4. The van der Waals surface area contributed by atoms with Crippen LogP contribution in [0.3, 0.4) is 0 Å². The van der Waals surface area contributed by atoms with Gasteiger partial charge in [-0.1, -0.05) is 0 Å². The van der Waals surface area contributed by atoms with Gasteiger partial charge in [-0.15, -0.1) is 0 Å². The number of nitrogens with zero attached hydrogens (tertiary/aromatic N) is 4. The van der Waals surface area contributed by atoms with Gasteiger partial charge >= 0.3 is 5.97 Å². The van der Waals surface area contributed by atoms with Gasteiger partial charge < -0.3 is 25.4 Å². The number of carboxylic acids is 1. The Kier molecular flexibility index (Phi) is 5.68. The van der Waals surface area contributed by atoms with Crippen LogP contribution in [0, 0.1) is 0 Å². The Hall–Kier alpha value is -2.85. The van der Waals surface area contributed by atoms with Gasteiger partial charge in [-0.05, 0) is 30.7 Å². The molecule has 2 rings (SSSR count). The van der Waals surface area contributed by atoms with Crippen molar-refractivity contribution < 1.29 is 24.5 Å². The fourth-order valence-corrected chi connectivity index (χ4v) is 2.48. The van der Waals surface area contributed by atoms with Gasteiger partial charge in [-0.3, -0.25) is 4.79 Å². The molecule has 0 amide bonds. The molecule has 0 spiro atoms. The molecule has 2 atom stereocenters. The molecule has 1 aromatic rings. The van der Waals surface area contributed by atoms with E-state index in [1.54, 1.807) is 25.3 Å². The summed E-state index contributed by atoms with van der Waals surface area (Å²) in [4.78, 5) is 16.5. The zero-order chi connectivity index (χ0) is 19.5. The van der Waals surface area contributed by atoms with E-state index < -0.39 is 17.9 Å². The van der Waals surface area contributed by atoms with Crippen molar-refractivity contribution in [2.24, 2.45) is 15.8 Å². The number of carboxylic acid groups (broad SMARTS) is 1. The lowest BCUT2D eigenvalue weighted by atomic mass is 10.2. The maximum Gasteiger partial charge on any atom is 0.320 e. The zero-order valence-corrected chi connectivity index (χ0v) is 15.1. The van der Waals surface area contributed by atoms with Crippen molar-refractivity contribution in [3.63, 3.8) is 0 Å². The van der Waals surface area contributed by atoms with Crippen molar-refractivity contribution in [1.29, 1.82) is 0 Å². The van der Waals surface area contributed by atoms with Gasteiger partial charge in [0.1, 0.15) is 12.7 Å². The van der Waals surface area contributed by atoms with Crippen molar-refractivity contribution >= 4 is 18.1 Å². The number of aliphatic imine (C=N–C) groups is 1. The molecular weight excluding hydrogens is 342 g/mol. The van der Waals surface area contributed by atoms with E-state index in [1.165, 1.54) is 37.1 Å². The highest BCUT2D eigenvalue weighted by Crippen LogP contribution is 2.27. The molecule has 2 unspecified atom stereocenters. The van der Waals surface area contributed by atoms with E-state index >= 15 is 0 Å². The van der Waals surface area contributed by atoms with Crippen molar-refractivity contribution in [1.82, 2.24) is 9.91 Å². The maximum absolute atomic E-state index is 11.3. The van der Waals surface area contributed by atoms with Gasteiger partial charge in [0.05, 0.1) is 20.4 Å². The lowest BCUT2D eigenvalue weighted by molar-refractivity contribution is -0.165. The van der Waals surface area contributed by atoms with Crippen LogP contribution in [0.1, 0.15) is 19.4 Å². The van der Waals surface area contributed by atoms with Gasteiger partial charge in [0.25, 0.3) is 0 Å². The fraction of sp³-hybridized carbons (Fsp3) is 0.438. The first kappa shape index (κ1) is 19.5. The summed E-state index contributed by atoms with van der Waals surface area (Å²) >= 11 is 0. The lowest BCUT2D eigenvalue weighted by Crippen LogP contribution is -2.61. The Labute approximate surface area is 151 Å². The highest BCUT2D eigenvalue weighted by atomic mass is 16.5. The topological polar surface area (TPSA) is 133 Å². The first-order valence-electron chi connectivity index (χ1n) is 7.80. The number of ether oxygens (including phenoxy) is 2. The van der Waals surface area contributed by atoms with E-state index in [0.717, 1.165) is 0 Å². The molecule has 142 valence electrons. The number of nitrogens with two attached hydrogens (primary N) is 1. The predicted octanol–water partition coefficient (Wildman–Crippen LogP) is 0.0666. The molecule has 4 N–H and O–H groups in total. The van der Waals surface area contributed by atoms with Gasteiger partial charge in [0, 0.05) is 6.92 Å². The minimum atomic E-state index is -1.74. The Morgan fingerprint density at radius 3 is 2.65 bits per heavy atom. The zero-order valence-electron chi connectivity index (χ0n) is 15.1. The molecule has 1 aromatic carbocycles. The number of aliphatic carboxylic acids is 1. The van der Waals surface area contributed by atoms with Gasteiger partial charge in [-0.25, -0.2) is 14.9 Å². The molecular formula is C16H23N5O5. The number of carbonyl (C=O) groups is 1. The molecule has 0 fully saturated rings. The molecule has 1 aliphatic rings. The summed E-state index contributed by atoms with van der Waals surface area (Å²) in [7, 11) is 3.07. The number of benzene rings is 1. The monoisotopic (exact) mass is 365 g/mol. The third kappa shape index (κ3) is 4.03. The molecule has 0 saturated heterocycles. The van der Waals surface area contributed by atoms with Crippen molar-refractivity contribution in [2.75, 3.05) is 20.9 Å². The van der Waals surface area contributed by atoms with Gasteiger partial charge in [0.15, 0.2) is 11.5 Å². The van der Waals surface area contributed by atoms with Crippen LogP contribution in [-0.2, 0) is 4.79 Å². The summed E-state index contributed by atoms with van der Waals surface area (Å²) in [5.74, 6) is -1.73. The fourth-order valence-electron chi connectivity index (χ4n) is 2.48. The van der Waals surface area contributed by atoms with Crippen LogP contribution >= 0.6 is 0 Å². The van der Waals surface area contributed by atoms with Crippen molar-refractivity contribution in [2.45, 2.75) is 25.7 Å². The van der Waals surface area contributed by atoms with Crippen LogP contribution in [-0.4, -0.2) is 71.0 Å². The average Bonchev–Trinajstić information content (AvgIpc) is 2.59. The van der Waals surface area contributed by atoms with Crippen molar-refractivity contribution in [3.05, 3.63) is 23.8 Å². The van der Waals surface area contributed by atoms with E-state index in [2.05, 4.69) is 10.1 Å². The van der Waals surface area contributed by atoms with E-state index in [1.807, 2.05) is 0 Å². The van der Waals surface area contributed by atoms with Crippen molar-refractivity contribution in [3.8, 4) is 11.5 Å². The smallest absolute Gasteiger partial charge is 0.320 e. The average molecular weight is 365 g/mol. The molecule has 0 radical (unpaired) electrons. The molecule has 1 heterocycles. The summed E-state index contributed by atoms with van der Waals surface area (Å²) in [6.45, 7) is 2.78. The van der Waals surface area contributed by atoms with E-state index in [-0.39, 0.29) is 12.6 Å². The number of rotatable bonds is 6. The Bertz CT molecular complexity index is 734. The minimum absolute atomic E-state index is 0.0273. The normalized spacial score (nSPS) is 22.2. The second-order valence-corrected chi connectivity index (χ2v) is 5.82. The molecule has 26 heavy (non-hydrogen) atoms. The number of hydrogen-bond acceptors (Lipinski definition) is 9. The van der Waals surface area contributed by atoms with Crippen LogP contribution in [0.15, 0.2) is 28.3 Å². The van der Waals surface area contributed by atoms with Gasteiger partial charge in [0.2, 0.25) is 11.8 Å². The molecule has 0 bridgehead atoms.